The third-order valence-electron chi connectivity index (χ3n) is 3.54. The molecule has 0 saturated heterocycles. The maximum Gasteiger partial charge on any atom is 0.229 e. The van der Waals surface area contributed by atoms with E-state index in [1.54, 1.807) is 18.3 Å². The highest BCUT2D eigenvalue weighted by molar-refractivity contribution is 5.89. The third-order valence-corrected chi connectivity index (χ3v) is 3.54. The summed E-state index contributed by atoms with van der Waals surface area (Å²) in [6, 6.07) is 9.15. The van der Waals surface area contributed by atoms with E-state index in [4.69, 9.17) is 5.73 Å². The van der Waals surface area contributed by atoms with Crippen LogP contribution in [0.1, 0.15) is 13.3 Å². The van der Waals surface area contributed by atoms with Gasteiger partial charge in [0.25, 0.3) is 0 Å². The fraction of sp³-hybridized carbons (Fsp3) is 0.176. The topological polar surface area (TPSA) is 115 Å². The predicted octanol–water partition coefficient (Wildman–Crippen LogP) is 2.01. The van der Waals surface area contributed by atoms with Gasteiger partial charge in [-0.1, -0.05) is 6.07 Å². The maximum atomic E-state index is 11.2. The minimum Gasteiger partial charge on any atom is -0.370 e. The molecule has 8 heteroatoms. The van der Waals surface area contributed by atoms with Gasteiger partial charge in [0.15, 0.2) is 0 Å². The number of carbonyl (C=O) groups excluding carboxylic acids is 2. The molecule has 0 unspecified atom stereocenters. The lowest BCUT2D eigenvalue weighted by Crippen LogP contribution is -2.13. The lowest BCUT2D eigenvalue weighted by molar-refractivity contribution is -0.118. The van der Waals surface area contributed by atoms with Gasteiger partial charge >= 0.3 is 0 Å². The van der Waals surface area contributed by atoms with Crippen molar-refractivity contribution in [1.82, 2.24) is 14.5 Å². The van der Waals surface area contributed by atoms with E-state index in [1.165, 1.54) is 6.92 Å². The molecular weight excluding hydrogens is 320 g/mol. The van der Waals surface area contributed by atoms with Crippen molar-refractivity contribution in [2.45, 2.75) is 19.9 Å². The summed E-state index contributed by atoms with van der Waals surface area (Å²) in [7, 11) is 0. The van der Waals surface area contributed by atoms with Gasteiger partial charge < -0.3 is 20.9 Å². The van der Waals surface area contributed by atoms with Crippen LogP contribution in [0.25, 0.3) is 11.0 Å². The second-order valence-electron chi connectivity index (χ2n) is 5.58. The molecule has 0 aliphatic carbocycles. The number of rotatable bonds is 6. The number of amides is 2. The molecule has 0 fully saturated rings. The number of nitrogens with zero attached hydrogens (tertiary/aromatic N) is 3. The largest absolute Gasteiger partial charge is 0.370 e. The molecule has 2 aromatic heterocycles. The number of fused-ring (bicyclic) bond motifs is 1. The summed E-state index contributed by atoms with van der Waals surface area (Å²) in [5.74, 6) is -0.0716. The first-order chi connectivity index (χ1) is 12.0. The number of hydrogen-bond donors (Lipinski definition) is 3. The van der Waals surface area contributed by atoms with Crippen LogP contribution in [0.4, 0.5) is 17.3 Å². The molecule has 0 radical (unpaired) electrons. The maximum absolute atomic E-state index is 11.2. The highest BCUT2D eigenvalue weighted by Gasteiger charge is 2.07. The summed E-state index contributed by atoms with van der Waals surface area (Å²) in [5, 5.41) is 6.72. The van der Waals surface area contributed by atoms with Gasteiger partial charge in [-0.05, 0) is 24.3 Å². The van der Waals surface area contributed by atoms with Crippen LogP contribution in [0.15, 0.2) is 42.7 Å². The van der Waals surface area contributed by atoms with Gasteiger partial charge in [-0.15, -0.1) is 0 Å². The molecule has 128 valence electrons. The summed E-state index contributed by atoms with van der Waals surface area (Å²) in [6.07, 6.45) is 3.81. The lowest BCUT2D eigenvalue weighted by atomic mass is 10.2. The van der Waals surface area contributed by atoms with Crippen LogP contribution in [0.2, 0.25) is 0 Å². The molecule has 0 saturated carbocycles. The van der Waals surface area contributed by atoms with Gasteiger partial charge in [-0.3, -0.25) is 9.59 Å². The van der Waals surface area contributed by atoms with E-state index in [0.717, 1.165) is 16.7 Å². The fourth-order valence-electron chi connectivity index (χ4n) is 2.45. The normalized spacial score (nSPS) is 10.6. The highest BCUT2D eigenvalue weighted by atomic mass is 16.1. The average molecular weight is 338 g/mol. The molecule has 0 spiro atoms. The quantitative estimate of drug-likeness (QED) is 0.636. The molecule has 0 aliphatic heterocycles. The SMILES string of the molecule is CC(=O)Nc1cccc(Nc2ncc3ccn(CCC(N)=O)c3n2)c1. The van der Waals surface area contributed by atoms with Gasteiger partial charge in [0.1, 0.15) is 5.65 Å². The van der Waals surface area contributed by atoms with Crippen molar-refractivity contribution in [2.24, 2.45) is 5.73 Å². The summed E-state index contributed by atoms with van der Waals surface area (Å²) in [5.41, 5.74) is 7.36. The van der Waals surface area contributed by atoms with Gasteiger partial charge in [0.05, 0.1) is 0 Å². The van der Waals surface area contributed by atoms with Gasteiger partial charge in [-0.25, -0.2) is 4.98 Å². The van der Waals surface area contributed by atoms with Gasteiger partial charge in [0, 0.05) is 49.0 Å². The van der Waals surface area contributed by atoms with Crippen molar-refractivity contribution in [3.05, 3.63) is 42.7 Å². The number of hydrogen-bond acceptors (Lipinski definition) is 5. The molecule has 25 heavy (non-hydrogen) atoms. The van der Waals surface area contributed by atoms with E-state index in [9.17, 15) is 9.59 Å². The Morgan fingerprint density at radius 3 is 2.80 bits per heavy atom. The van der Waals surface area contributed by atoms with Crippen LogP contribution in [0.3, 0.4) is 0 Å². The predicted molar refractivity (Wildman–Crippen MR) is 95.4 cm³/mol. The molecule has 3 rings (SSSR count). The van der Waals surface area contributed by atoms with Gasteiger partial charge in [0.2, 0.25) is 17.8 Å². The Labute approximate surface area is 144 Å². The minimum absolute atomic E-state index is 0.137. The molecule has 8 nitrogen and oxygen atoms in total. The number of carbonyl (C=O) groups is 2. The van der Waals surface area contributed by atoms with Crippen molar-refractivity contribution < 1.29 is 9.59 Å². The molecule has 0 atom stereocenters. The second kappa shape index (κ2) is 7.00. The summed E-state index contributed by atoms with van der Waals surface area (Å²) < 4.78 is 1.86. The number of nitrogens with one attached hydrogen (secondary N) is 2. The van der Waals surface area contributed by atoms with E-state index in [2.05, 4.69) is 20.6 Å². The second-order valence-corrected chi connectivity index (χ2v) is 5.58. The number of primary amides is 1. The molecule has 2 amide bonds. The number of aryl methyl sites for hydroxylation is 1. The van der Waals surface area contributed by atoms with Crippen molar-refractivity contribution in [2.75, 3.05) is 10.6 Å². The van der Waals surface area contributed by atoms with Crippen LogP contribution in [-0.4, -0.2) is 26.3 Å². The molecular formula is C17H18N6O2. The Bertz CT molecular complexity index is 934. The number of aromatic nitrogens is 3. The first-order valence-corrected chi connectivity index (χ1v) is 7.76. The monoisotopic (exact) mass is 338 g/mol. The Morgan fingerprint density at radius 2 is 2.04 bits per heavy atom. The zero-order chi connectivity index (χ0) is 17.8. The third kappa shape index (κ3) is 4.11. The summed E-state index contributed by atoms with van der Waals surface area (Å²) >= 11 is 0. The van der Waals surface area contributed by atoms with Crippen LogP contribution in [0.5, 0.6) is 0 Å². The fourth-order valence-corrected chi connectivity index (χ4v) is 2.45. The molecule has 4 N–H and O–H groups in total. The van der Waals surface area contributed by atoms with Crippen LogP contribution >= 0.6 is 0 Å². The van der Waals surface area contributed by atoms with E-state index in [1.807, 2.05) is 29.0 Å². The molecule has 0 bridgehead atoms. The van der Waals surface area contributed by atoms with E-state index < -0.39 is 0 Å². The number of nitrogens with two attached hydrogens (primary N) is 1. The smallest absolute Gasteiger partial charge is 0.229 e. The highest BCUT2D eigenvalue weighted by Crippen LogP contribution is 2.20. The van der Waals surface area contributed by atoms with E-state index in [-0.39, 0.29) is 18.2 Å². The molecule has 1 aromatic carbocycles. The van der Waals surface area contributed by atoms with Crippen molar-refractivity contribution in [3.8, 4) is 0 Å². The Morgan fingerprint density at radius 1 is 1.24 bits per heavy atom. The Hall–Kier alpha value is -3.42. The summed E-state index contributed by atoms with van der Waals surface area (Å²) in [6.45, 7) is 1.92. The zero-order valence-electron chi connectivity index (χ0n) is 13.7. The van der Waals surface area contributed by atoms with Crippen LogP contribution < -0.4 is 16.4 Å². The standard InChI is InChI=1S/C17H18N6O2/c1-11(24)20-13-3-2-4-14(9-13)21-17-19-10-12-5-7-23(16(12)22-17)8-6-15(18)25/h2-5,7,9-10H,6,8H2,1H3,(H2,18,25)(H,20,24)(H,19,21,22). The van der Waals surface area contributed by atoms with Crippen molar-refractivity contribution in [1.29, 1.82) is 0 Å². The average Bonchev–Trinajstić information content (AvgIpc) is 2.95. The molecule has 2 heterocycles. The minimum atomic E-state index is -0.357. The summed E-state index contributed by atoms with van der Waals surface area (Å²) in [4.78, 5) is 30.9. The van der Waals surface area contributed by atoms with E-state index >= 15 is 0 Å². The van der Waals surface area contributed by atoms with Crippen LogP contribution in [0, 0.1) is 0 Å². The van der Waals surface area contributed by atoms with Crippen molar-refractivity contribution in [3.63, 3.8) is 0 Å². The lowest BCUT2D eigenvalue weighted by Gasteiger charge is -2.08. The van der Waals surface area contributed by atoms with E-state index in [0.29, 0.717) is 18.2 Å². The molecule has 0 aliphatic rings. The Kier molecular flexibility index (Phi) is 4.60. The first kappa shape index (κ1) is 16.4. The number of anilines is 3. The molecule has 3 aromatic rings. The van der Waals surface area contributed by atoms with Gasteiger partial charge in [-0.2, -0.15) is 4.98 Å². The van der Waals surface area contributed by atoms with Crippen molar-refractivity contribution >= 4 is 40.2 Å². The zero-order valence-corrected chi connectivity index (χ0v) is 13.7. The first-order valence-electron chi connectivity index (χ1n) is 7.76. The number of benzene rings is 1. The Balaban J connectivity index is 1.83. The van der Waals surface area contributed by atoms with Crippen LogP contribution in [-0.2, 0) is 16.1 Å².